The van der Waals surface area contributed by atoms with Crippen LogP contribution in [0.4, 0.5) is 9.52 Å². The summed E-state index contributed by atoms with van der Waals surface area (Å²) in [5.41, 5.74) is -0.0536. The number of thiazole rings is 1. The predicted molar refractivity (Wildman–Crippen MR) is 70.7 cm³/mol. The van der Waals surface area contributed by atoms with Crippen LogP contribution in [0.1, 0.15) is 10.4 Å². The molecule has 1 N–H and O–H groups in total. The molecule has 4 nitrogen and oxygen atoms in total. The molecule has 0 aliphatic heterocycles. The van der Waals surface area contributed by atoms with Gasteiger partial charge in [-0.2, -0.15) is 0 Å². The molecule has 0 aliphatic carbocycles. The first-order chi connectivity index (χ1) is 8.60. The highest BCUT2D eigenvalue weighted by atomic mass is 79.9. The molecule has 2 aromatic rings. The Balaban J connectivity index is 2.18. The number of aromatic nitrogens is 1. The maximum Gasteiger partial charge on any atom is 0.260 e. The SMILES string of the molecule is COc1ccc(C(=O)Nc2ncc(Br)s2)c(F)c1. The van der Waals surface area contributed by atoms with Gasteiger partial charge < -0.3 is 4.74 Å². The molecule has 7 heteroatoms. The zero-order chi connectivity index (χ0) is 13.1. The summed E-state index contributed by atoms with van der Waals surface area (Å²) in [7, 11) is 1.43. The quantitative estimate of drug-likeness (QED) is 0.939. The van der Waals surface area contributed by atoms with Crippen molar-refractivity contribution in [3.05, 3.63) is 39.6 Å². The third-order valence-electron chi connectivity index (χ3n) is 2.12. The van der Waals surface area contributed by atoms with E-state index in [0.717, 1.165) is 9.85 Å². The van der Waals surface area contributed by atoms with Crippen LogP contribution in [0.15, 0.2) is 28.2 Å². The van der Waals surface area contributed by atoms with Gasteiger partial charge in [-0.25, -0.2) is 9.37 Å². The van der Waals surface area contributed by atoms with E-state index in [0.29, 0.717) is 10.9 Å². The number of nitrogens with zero attached hydrogens (tertiary/aromatic N) is 1. The number of ether oxygens (including phenoxy) is 1. The van der Waals surface area contributed by atoms with Crippen LogP contribution < -0.4 is 10.1 Å². The van der Waals surface area contributed by atoms with Crippen LogP contribution in [0.25, 0.3) is 0 Å². The first-order valence-electron chi connectivity index (χ1n) is 4.86. The first-order valence-corrected chi connectivity index (χ1v) is 6.47. The Morgan fingerprint density at radius 1 is 1.56 bits per heavy atom. The zero-order valence-corrected chi connectivity index (χ0v) is 11.6. The van der Waals surface area contributed by atoms with Gasteiger partial charge in [0.15, 0.2) is 5.13 Å². The van der Waals surface area contributed by atoms with Crippen molar-refractivity contribution in [2.24, 2.45) is 0 Å². The normalized spacial score (nSPS) is 10.2. The minimum Gasteiger partial charge on any atom is -0.497 e. The summed E-state index contributed by atoms with van der Waals surface area (Å²) >= 11 is 4.48. The molecule has 0 unspecified atom stereocenters. The second-order valence-corrected chi connectivity index (χ2v) is 5.68. The number of rotatable bonds is 3. The second kappa shape index (κ2) is 5.45. The molecule has 0 saturated heterocycles. The van der Waals surface area contributed by atoms with Crippen LogP contribution >= 0.6 is 27.3 Å². The lowest BCUT2D eigenvalue weighted by molar-refractivity contribution is 0.102. The Labute approximate surface area is 115 Å². The standard InChI is InChI=1S/C11H8BrFN2O2S/c1-17-6-2-3-7(8(13)4-6)10(16)15-11-14-5-9(12)18-11/h2-5H,1H3,(H,14,15,16). The molecule has 0 fully saturated rings. The summed E-state index contributed by atoms with van der Waals surface area (Å²) in [5.74, 6) is -0.819. The van der Waals surface area contributed by atoms with Crippen molar-refractivity contribution < 1.29 is 13.9 Å². The molecule has 1 aromatic heterocycles. The van der Waals surface area contributed by atoms with Crippen molar-refractivity contribution in [3.63, 3.8) is 0 Å². The number of hydrogen-bond donors (Lipinski definition) is 1. The van der Waals surface area contributed by atoms with E-state index in [1.807, 2.05) is 0 Å². The number of carbonyl (C=O) groups excluding carboxylic acids is 1. The molecule has 1 aromatic carbocycles. The number of anilines is 1. The third kappa shape index (κ3) is 2.85. The van der Waals surface area contributed by atoms with Crippen molar-refractivity contribution in [1.82, 2.24) is 4.98 Å². The summed E-state index contributed by atoms with van der Waals surface area (Å²) in [6.45, 7) is 0. The van der Waals surface area contributed by atoms with Crippen molar-refractivity contribution >= 4 is 38.3 Å². The van der Waals surface area contributed by atoms with E-state index in [1.54, 1.807) is 6.20 Å². The molecule has 0 spiro atoms. The summed E-state index contributed by atoms with van der Waals surface area (Å²) in [5, 5.41) is 2.92. The van der Waals surface area contributed by atoms with Crippen molar-refractivity contribution in [2.45, 2.75) is 0 Å². The smallest absolute Gasteiger partial charge is 0.260 e. The van der Waals surface area contributed by atoms with Crippen LogP contribution in [-0.4, -0.2) is 18.0 Å². The predicted octanol–water partition coefficient (Wildman–Crippen LogP) is 3.31. The lowest BCUT2D eigenvalue weighted by Gasteiger charge is -2.05. The van der Waals surface area contributed by atoms with E-state index >= 15 is 0 Å². The maximum atomic E-state index is 13.6. The Hall–Kier alpha value is -1.47. The fourth-order valence-electron chi connectivity index (χ4n) is 1.28. The molecule has 2 rings (SSSR count). The van der Waals surface area contributed by atoms with Crippen molar-refractivity contribution in [1.29, 1.82) is 0 Å². The Bertz CT molecular complexity index is 588. The zero-order valence-electron chi connectivity index (χ0n) is 9.24. The highest BCUT2D eigenvalue weighted by Gasteiger charge is 2.14. The summed E-state index contributed by atoms with van der Waals surface area (Å²) in [6, 6.07) is 4.05. The average molecular weight is 331 g/mol. The summed E-state index contributed by atoms with van der Waals surface area (Å²) < 4.78 is 19.3. The number of benzene rings is 1. The third-order valence-corrected chi connectivity index (χ3v) is 3.51. The second-order valence-electron chi connectivity index (χ2n) is 3.27. The molecule has 0 radical (unpaired) electrons. The van der Waals surface area contributed by atoms with Gasteiger partial charge in [-0.3, -0.25) is 10.1 Å². The van der Waals surface area contributed by atoms with Gasteiger partial charge in [-0.1, -0.05) is 11.3 Å². The van der Waals surface area contributed by atoms with Crippen LogP contribution in [0.3, 0.4) is 0 Å². The van der Waals surface area contributed by atoms with Crippen LogP contribution in [0.5, 0.6) is 5.75 Å². The van der Waals surface area contributed by atoms with Gasteiger partial charge in [0.25, 0.3) is 5.91 Å². The number of carbonyl (C=O) groups is 1. The van der Waals surface area contributed by atoms with Gasteiger partial charge in [0.2, 0.25) is 0 Å². The van der Waals surface area contributed by atoms with Crippen LogP contribution in [-0.2, 0) is 0 Å². The highest BCUT2D eigenvalue weighted by Crippen LogP contribution is 2.24. The van der Waals surface area contributed by atoms with E-state index in [-0.39, 0.29) is 5.56 Å². The van der Waals surface area contributed by atoms with Crippen LogP contribution in [0, 0.1) is 5.82 Å². The van der Waals surface area contributed by atoms with Gasteiger partial charge in [0, 0.05) is 6.07 Å². The molecule has 1 amide bonds. The number of halogens is 2. The van der Waals surface area contributed by atoms with Gasteiger partial charge >= 0.3 is 0 Å². The molecular weight excluding hydrogens is 323 g/mol. The van der Waals surface area contributed by atoms with E-state index < -0.39 is 11.7 Å². The molecule has 18 heavy (non-hydrogen) atoms. The molecular formula is C11H8BrFN2O2S. The summed E-state index contributed by atoms with van der Waals surface area (Å²) in [4.78, 5) is 15.7. The Morgan fingerprint density at radius 3 is 2.89 bits per heavy atom. The van der Waals surface area contributed by atoms with Crippen LogP contribution in [0.2, 0.25) is 0 Å². The molecule has 0 aliphatic rings. The van der Waals surface area contributed by atoms with Gasteiger partial charge in [0.1, 0.15) is 11.6 Å². The minimum absolute atomic E-state index is 0.0536. The largest absolute Gasteiger partial charge is 0.497 e. The highest BCUT2D eigenvalue weighted by molar-refractivity contribution is 9.11. The Morgan fingerprint density at radius 2 is 2.33 bits per heavy atom. The number of amides is 1. The lowest BCUT2D eigenvalue weighted by atomic mass is 10.2. The van der Waals surface area contributed by atoms with E-state index in [4.69, 9.17) is 4.74 Å². The average Bonchev–Trinajstić information content (AvgIpc) is 2.74. The maximum absolute atomic E-state index is 13.6. The topological polar surface area (TPSA) is 51.2 Å². The number of nitrogens with one attached hydrogen (secondary N) is 1. The monoisotopic (exact) mass is 330 g/mol. The van der Waals surface area contributed by atoms with Gasteiger partial charge in [-0.15, -0.1) is 0 Å². The molecule has 0 bridgehead atoms. The van der Waals surface area contributed by atoms with Crippen molar-refractivity contribution in [2.75, 3.05) is 12.4 Å². The number of methoxy groups -OCH3 is 1. The van der Waals surface area contributed by atoms with E-state index in [9.17, 15) is 9.18 Å². The molecule has 0 saturated carbocycles. The molecule has 94 valence electrons. The van der Waals surface area contributed by atoms with Crippen molar-refractivity contribution in [3.8, 4) is 5.75 Å². The summed E-state index contributed by atoms with van der Waals surface area (Å²) in [6.07, 6.45) is 1.56. The fraction of sp³-hybridized carbons (Fsp3) is 0.0909. The lowest BCUT2D eigenvalue weighted by Crippen LogP contribution is -2.13. The molecule has 0 atom stereocenters. The molecule has 1 heterocycles. The van der Waals surface area contributed by atoms with E-state index in [2.05, 4.69) is 26.2 Å². The first kappa shape index (κ1) is 13.0. The fourth-order valence-corrected chi connectivity index (χ4v) is 2.39. The Kier molecular flexibility index (Phi) is 3.93. The van der Waals surface area contributed by atoms with E-state index in [1.165, 1.54) is 30.6 Å². The van der Waals surface area contributed by atoms with Gasteiger partial charge in [0.05, 0.1) is 22.7 Å². The number of hydrogen-bond acceptors (Lipinski definition) is 4. The minimum atomic E-state index is -0.637. The van der Waals surface area contributed by atoms with Gasteiger partial charge in [-0.05, 0) is 28.1 Å².